The molecular weight excluding hydrogens is 118 g/mol. The zero-order chi connectivity index (χ0) is 6.85. The first kappa shape index (κ1) is 5.94. The lowest BCUT2D eigenvalue weighted by atomic mass is 10.9. The van der Waals surface area contributed by atoms with E-state index in [4.69, 9.17) is 0 Å². The number of H-pyrrole nitrogens is 1. The van der Waals surface area contributed by atoms with E-state index in [9.17, 15) is 4.79 Å². The maximum absolute atomic E-state index is 10.7. The molecule has 1 heterocycles. The molecule has 1 N–H and O–H groups in total. The lowest BCUT2D eigenvalue weighted by molar-refractivity contribution is 0.702. The molecule has 50 valence electrons. The van der Waals surface area contributed by atoms with Crippen LogP contribution >= 0.6 is 0 Å². The predicted octanol–water partition coefficient (Wildman–Crippen LogP) is -0.626. The van der Waals surface area contributed by atoms with Gasteiger partial charge in [0.2, 0.25) is 0 Å². The van der Waals surface area contributed by atoms with Crippen LogP contribution in [0.4, 0.5) is 0 Å². The Kier molecular flexibility index (Phi) is 1.30. The summed E-state index contributed by atoms with van der Waals surface area (Å²) in [6.45, 7) is 0. The number of aromatic amines is 1. The van der Waals surface area contributed by atoms with Gasteiger partial charge in [0.1, 0.15) is 0 Å². The van der Waals surface area contributed by atoms with Crippen LogP contribution in [-0.4, -0.2) is 23.8 Å². The van der Waals surface area contributed by atoms with E-state index in [1.165, 1.54) is 4.68 Å². The Morgan fingerprint density at radius 3 is 2.56 bits per heavy atom. The lowest BCUT2D eigenvalue weighted by Crippen LogP contribution is -2.33. The van der Waals surface area contributed by atoms with Crippen molar-refractivity contribution in [1.29, 1.82) is 0 Å². The molecule has 1 aromatic heterocycles. The van der Waals surface area contributed by atoms with Gasteiger partial charge in [-0.1, -0.05) is 0 Å². The SMILES string of the molecule is CN(C)n1cc[nH]c1=O. The summed E-state index contributed by atoms with van der Waals surface area (Å²) in [6.07, 6.45) is 3.27. The molecule has 0 spiro atoms. The number of imidazole rings is 1. The largest absolute Gasteiger partial charge is 0.344 e. The number of nitrogens with zero attached hydrogens (tertiary/aromatic N) is 2. The Balaban J connectivity index is 3.08. The van der Waals surface area contributed by atoms with Gasteiger partial charge in [0.05, 0.1) is 0 Å². The second kappa shape index (κ2) is 1.97. The number of aromatic nitrogens is 2. The molecule has 0 amide bonds. The molecule has 0 saturated carbocycles. The third-order valence-corrected chi connectivity index (χ3v) is 1.06. The third kappa shape index (κ3) is 0.960. The monoisotopic (exact) mass is 127 g/mol. The van der Waals surface area contributed by atoms with Gasteiger partial charge in [-0.15, -0.1) is 0 Å². The fourth-order valence-corrected chi connectivity index (χ4v) is 0.628. The minimum atomic E-state index is -0.111. The van der Waals surface area contributed by atoms with Crippen LogP contribution in [0.1, 0.15) is 0 Å². The van der Waals surface area contributed by atoms with Crippen LogP contribution in [0.3, 0.4) is 0 Å². The first-order valence-electron chi connectivity index (χ1n) is 2.65. The number of hydrogen-bond donors (Lipinski definition) is 1. The van der Waals surface area contributed by atoms with E-state index < -0.39 is 0 Å². The molecule has 0 atom stereocenters. The molecular formula is C5H9N3O. The Morgan fingerprint density at radius 1 is 1.67 bits per heavy atom. The van der Waals surface area contributed by atoms with Crippen molar-refractivity contribution in [1.82, 2.24) is 9.66 Å². The molecule has 0 aliphatic carbocycles. The van der Waals surface area contributed by atoms with Crippen LogP contribution in [-0.2, 0) is 0 Å². The highest BCUT2D eigenvalue weighted by Gasteiger charge is 1.93. The van der Waals surface area contributed by atoms with Crippen LogP contribution in [0, 0.1) is 0 Å². The van der Waals surface area contributed by atoms with Gasteiger partial charge in [-0.25, -0.2) is 9.47 Å². The van der Waals surface area contributed by atoms with Crippen molar-refractivity contribution >= 4 is 0 Å². The molecule has 4 nitrogen and oxygen atoms in total. The summed E-state index contributed by atoms with van der Waals surface area (Å²) in [7, 11) is 3.60. The van der Waals surface area contributed by atoms with E-state index in [1.807, 2.05) is 0 Å². The Hall–Kier alpha value is -1.19. The summed E-state index contributed by atoms with van der Waals surface area (Å²) < 4.78 is 1.47. The second-order valence-corrected chi connectivity index (χ2v) is 1.96. The van der Waals surface area contributed by atoms with Gasteiger partial charge >= 0.3 is 5.69 Å². The van der Waals surface area contributed by atoms with Crippen LogP contribution < -0.4 is 10.7 Å². The minimum absolute atomic E-state index is 0.111. The van der Waals surface area contributed by atoms with E-state index in [0.29, 0.717) is 0 Å². The zero-order valence-corrected chi connectivity index (χ0v) is 5.46. The molecule has 0 unspecified atom stereocenters. The topological polar surface area (TPSA) is 41.0 Å². The summed E-state index contributed by atoms with van der Waals surface area (Å²) in [6, 6.07) is 0. The fourth-order valence-electron chi connectivity index (χ4n) is 0.628. The molecule has 0 bridgehead atoms. The number of nitrogens with one attached hydrogen (secondary N) is 1. The maximum Gasteiger partial charge on any atom is 0.344 e. The molecule has 4 heteroatoms. The Morgan fingerprint density at radius 2 is 2.33 bits per heavy atom. The quantitative estimate of drug-likeness (QED) is 0.546. The average Bonchev–Trinajstić information content (AvgIpc) is 2.13. The molecule has 0 aliphatic rings. The number of hydrogen-bond acceptors (Lipinski definition) is 2. The molecule has 0 saturated heterocycles. The molecule has 9 heavy (non-hydrogen) atoms. The molecule has 1 rings (SSSR count). The van der Waals surface area contributed by atoms with E-state index in [2.05, 4.69) is 4.98 Å². The molecule has 0 aromatic carbocycles. The zero-order valence-electron chi connectivity index (χ0n) is 5.46. The predicted molar refractivity (Wildman–Crippen MR) is 35.1 cm³/mol. The highest BCUT2D eigenvalue weighted by atomic mass is 16.2. The van der Waals surface area contributed by atoms with Crippen LogP contribution in [0.25, 0.3) is 0 Å². The smallest absolute Gasteiger partial charge is 0.315 e. The fraction of sp³-hybridized carbons (Fsp3) is 0.400. The van der Waals surface area contributed by atoms with Crippen molar-refractivity contribution in [3.63, 3.8) is 0 Å². The van der Waals surface area contributed by atoms with Gasteiger partial charge in [0, 0.05) is 26.5 Å². The lowest BCUT2D eigenvalue weighted by Gasteiger charge is -2.10. The van der Waals surface area contributed by atoms with E-state index in [0.717, 1.165) is 0 Å². The number of rotatable bonds is 1. The van der Waals surface area contributed by atoms with Gasteiger partial charge in [-0.3, -0.25) is 0 Å². The van der Waals surface area contributed by atoms with Gasteiger partial charge in [0.25, 0.3) is 0 Å². The van der Waals surface area contributed by atoms with E-state index in [-0.39, 0.29) is 5.69 Å². The van der Waals surface area contributed by atoms with Crippen molar-refractivity contribution in [2.24, 2.45) is 0 Å². The normalized spacial score (nSPS) is 9.56. The summed E-state index contributed by atoms with van der Waals surface area (Å²) in [4.78, 5) is 13.2. The highest BCUT2D eigenvalue weighted by Crippen LogP contribution is 1.74. The summed E-state index contributed by atoms with van der Waals surface area (Å²) in [5.41, 5.74) is -0.111. The molecule has 0 radical (unpaired) electrons. The summed E-state index contributed by atoms with van der Waals surface area (Å²) in [5, 5.41) is 1.69. The average molecular weight is 127 g/mol. The van der Waals surface area contributed by atoms with Crippen molar-refractivity contribution in [3.8, 4) is 0 Å². The Bertz CT molecular complexity index is 234. The van der Waals surface area contributed by atoms with Crippen molar-refractivity contribution in [3.05, 3.63) is 22.9 Å². The Labute approximate surface area is 52.7 Å². The maximum atomic E-state index is 10.7. The van der Waals surface area contributed by atoms with Crippen molar-refractivity contribution < 1.29 is 0 Å². The van der Waals surface area contributed by atoms with Crippen molar-refractivity contribution in [2.45, 2.75) is 0 Å². The van der Waals surface area contributed by atoms with Gasteiger partial charge in [-0.2, -0.15) is 0 Å². The summed E-state index contributed by atoms with van der Waals surface area (Å²) >= 11 is 0. The third-order valence-electron chi connectivity index (χ3n) is 1.06. The van der Waals surface area contributed by atoms with Gasteiger partial charge in [-0.05, 0) is 0 Å². The molecule has 1 aromatic rings. The van der Waals surface area contributed by atoms with Crippen LogP contribution in [0.15, 0.2) is 17.2 Å². The van der Waals surface area contributed by atoms with Crippen LogP contribution in [0.5, 0.6) is 0 Å². The standard InChI is InChI=1S/C5H9N3O/c1-7(2)8-4-3-6-5(8)9/h3-4H,1-2H3,(H,6,9). The molecule has 0 fully saturated rings. The highest BCUT2D eigenvalue weighted by molar-refractivity contribution is 4.82. The minimum Gasteiger partial charge on any atom is -0.315 e. The second-order valence-electron chi connectivity index (χ2n) is 1.96. The molecule has 0 aliphatic heterocycles. The van der Waals surface area contributed by atoms with Crippen molar-refractivity contribution in [2.75, 3.05) is 19.1 Å². The summed E-state index contributed by atoms with van der Waals surface area (Å²) in [5.74, 6) is 0. The van der Waals surface area contributed by atoms with Gasteiger partial charge < -0.3 is 9.99 Å². The first-order valence-corrected chi connectivity index (χ1v) is 2.65. The van der Waals surface area contributed by atoms with Crippen LogP contribution in [0.2, 0.25) is 0 Å². The van der Waals surface area contributed by atoms with Gasteiger partial charge in [0.15, 0.2) is 0 Å². The first-order chi connectivity index (χ1) is 4.22. The van der Waals surface area contributed by atoms with E-state index in [1.54, 1.807) is 31.5 Å². The van der Waals surface area contributed by atoms with E-state index >= 15 is 0 Å².